The van der Waals surface area contributed by atoms with Crippen LogP contribution in [0.5, 0.6) is 0 Å². The minimum absolute atomic E-state index is 0.0975. The first-order chi connectivity index (χ1) is 10.3. The number of hydrogen-bond acceptors (Lipinski definition) is 0. The van der Waals surface area contributed by atoms with Crippen molar-refractivity contribution in [2.75, 3.05) is 0 Å². The summed E-state index contributed by atoms with van der Waals surface area (Å²) >= 11 is 0. The van der Waals surface area contributed by atoms with Crippen LogP contribution in [0.2, 0.25) is 0 Å². The van der Waals surface area contributed by atoms with Gasteiger partial charge in [0.15, 0.2) is 0 Å². The zero-order valence-electron chi connectivity index (χ0n) is 12.0. The van der Waals surface area contributed by atoms with Gasteiger partial charge in [-0.25, -0.2) is 8.78 Å². The van der Waals surface area contributed by atoms with Crippen LogP contribution < -0.4 is 0 Å². The highest BCUT2D eigenvalue weighted by Crippen LogP contribution is 2.39. The standard InChI is InChI=1S/C17H17F5/c1-2-3-4-11-5-7-12(8-6-11)13-9-14(18)16(15(19)10-13)17(20,21)22/h2-4,9-12H,1,5-8H2. The van der Waals surface area contributed by atoms with E-state index >= 15 is 0 Å². The van der Waals surface area contributed by atoms with Crippen molar-refractivity contribution in [2.24, 2.45) is 5.92 Å². The van der Waals surface area contributed by atoms with Crippen molar-refractivity contribution in [2.45, 2.75) is 37.8 Å². The van der Waals surface area contributed by atoms with Crippen LogP contribution in [0.25, 0.3) is 0 Å². The summed E-state index contributed by atoms with van der Waals surface area (Å²) in [4.78, 5) is 0. The first-order valence-electron chi connectivity index (χ1n) is 7.18. The molecule has 2 rings (SSSR count). The molecule has 5 heteroatoms. The van der Waals surface area contributed by atoms with E-state index in [1.54, 1.807) is 6.08 Å². The van der Waals surface area contributed by atoms with Gasteiger partial charge in [-0.3, -0.25) is 0 Å². The van der Waals surface area contributed by atoms with Crippen LogP contribution in [-0.2, 0) is 6.18 Å². The van der Waals surface area contributed by atoms with Crippen LogP contribution in [-0.4, -0.2) is 0 Å². The molecule has 1 aromatic rings. The zero-order valence-corrected chi connectivity index (χ0v) is 12.0. The van der Waals surface area contributed by atoms with Gasteiger partial charge < -0.3 is 0 Å². The van der Waals surface area contributed by atoms with Gasteiger partial charge >= 0.3 is 6.18 Å². The molecule has 1 aliphatic rings. The molecule has 0 aromatic heterocycles. The molecular weight excluding hydrogens is 299 g/mol. The fourth-order valence-electron chi connectivity index (χ4n) is 2.98. The molecule has 0 nitrogen and oxygen atoms in total. The highest BCUT2D eigenvalue weighted by Gasteiger charge is 2.38. The number of allylic oxidation sites excluding steroid dienone is 3. The van der Waals surface area contributed by atoms with E-state index in [1.807, 2.05) is 12.2 Å². The second-order valence-electron chi connectivity index (χ2n) is 5.59. The summed E-state index contributed by atoms with van der Waals surface area (Å²) in [5.74, 6) is -2.77. The zero-order chi connectivity index (χ0) is 16.3. The first kappa shape index (κ1) is 16.7. The van der Waals surface area contributed by atoms with E-state index < -0.39 is 23.4 Å². The molecule has 0 unspecified atom stereocenters. The maximum absolute atomic E-state index is 13.6. The summed E-state index contributed by atoms with van der Waals surface area (Å²) in [7, 11) is 0. The summed E-state index contributed by atoms with van der Waals surface area (Å²) in [5.41, 5.74) is -1.49. The van der Waals surface area contributed by atoms with E-state index in [2.05, 4.69) is 6.58 Å². The second kappa shape index (κ2) is 6.63. The molecule has 120 valence electrons. The fraction of sp³-hybridized carbons (Fsp3) is 0.412. The molecule has 0 radical (unpaired) electrons. The molecule has 0 bridgehead atoms. The van der Waals surface area contributed by atoms with Gasteiger partial charge in [-0.1, -0.05) is 24.8 Å². The summed E-state index contributed by atoms with van der Waals surface area (Å²) in [6, 6.07) is 1.66. The van der Waals surface area contributed by atoms with E-state index in [0.717, 1.165) is 25.0 Å². The first-order valence-corrected chi connectivity index (χ1v) is 7.18. The topological polar surface area (TPSA) is 0 Å². The number of benzene rings is 1. The molecule has 0 aliphatic heterocycles. The van der Waals surface area contributed by atoms with E-state index in [9.17, 15) is 22.0 Å². The quantitative estimate of drug-likeness (QED) is 0.474. The molecule has 1 fully saturated rings. The lowest BCUT2D eigenvalue weighted by atomic mass is 9.78. The number of hydrogen-bond donors (Lipinski definition) is 0. The van der Waals surface area contributed by atoms with Crippen molar-refractivity contribution in [3.63, 3.8) is 0 Å². The third-order valence-electron chi connectivity index (χ3n) is 4.11. The normalized spacial score (nSPS) is 23.0. The average molecular weight is 316 g/mol. The molecular formula is C17H17F5. The lowest BCUT2D eigenvalue weighted by molar-refractivity contribution is -0.142. The largest absolute Gasteiger partial charge is 0.422 e. The Morgan fingerprint density at radius 2 is 1.55 bits per heavy atom. The third-order valence-corrected chi connectivity index (χ3v) is 4.11. The Bertz CT molecular complexity index is 540. The van der Waals surface area contributed by atoms with Crippen LogP contribution in [0.15, 0.2) is 36.9 Å². The Hall–Kier alpha value is -1.65. The van der Waals surface area contributed by atoms with Gasteiger partial charge in [0.1, 0.15) is 17.2 Å². The van der Waals surface area contributed by atoms with Gasteiger partial charge in [0, 0.05) is 0 Å². The summed E-state index contributed by atoms with van der Waals surface area (Å²) < 4.78 is 64.9. The SMILES string of the molecule is C=CC=CC1CCC(c2cc(F)c(C(F)(F)F)c(F)c2)CC1. The Labute approximate surface area is 126 Å². The third kappa shape index (κ3) is 3.76. The molecule has 0 heterocycles. The minimum Gasteiger partial charge on any atom is -0.206 e. The second-order valence-corrected chi connectivity index (χ2v) is 5.59. The van der Waals surface area contributed by atoms with Crippen LogP contribution in [0.4, 0.5) is 22.0 Å². The Morgan fingerprint density at radius 1 is 1.00 bits per heavy atom. The van der Waals surface area contributed by atoms with Crippen molar-refractivity contribution in [1.82, 2.24) is 0 Å². The van der Waals surface area contributed by atoms with Gasteiger partial charge in [0.25, 0.3) is 0 Å². The van der Waals surface area contributed by atoms with Crippen molar-refractivity contribution in [3.05, 3.63) is 59.7 Å². The van der Waals surface area contributed by atoms with Crippen molar-refractivity contribution >= 4 is 0 Å². The summed E-state index contributed by atoms with van der Waals surface area (Å²) in [6.45, 7) is 3.59. The molecule has 22 heavy (non-hydrogen) atoms. The van der Waals surface area contributed by atoms with E-state index in [0.29, 0.717) is 24.3 Å². The Balaban J connectivity index is 2.15. The fourth-order valence-corrected chi connectivity index (χ4v) is 2.98. The lowest BCUT2D eigenvalue weighted by Gasteiger charge is -2.27. The monoisotopic (exact) mass is 316 g/mol. The molecule has 0 saturated heterocycles. The Morgan fingerprint density at radius 3 is 2.00 bits per heavy atom. The van der Waals surface area contributed by atoms with E-state index in [1.165, 1.54) is 0 Å². The maximum atomic E-state index is 13.6. The predicted molar refractivity (Wildman–Crippen MR) is 75.4 cm³/mol. The van der Waals surface area contributed by atoms with Crippen molar-refractivity contribution < 1.29 is 22.0 Å². The average Bonchev–Trinajstić information content (AvgIpc) is 2.43. The van der Waals surface area contributed by atoms with Crippen LogP contribution in [0.3, 0.4) is 0 Å². The lowest BCUT2D eigenvalue weighted by Crippen LogP contribution is -2.15. The molecule has 1 aliphatic carbocycles. The van der Waals surface area contributed by atoms with Crippen LogP contribution in [0.1, 0.15) is 42.7 Å². The number of alkyl halides is 3. The van der Waals surface area contributed by atoms with Gasteiger partial charge in [0.05, 0.1) is 0 Å². The van der Waals surface area contributed by atoms with E-state index in [-0.39, 0.29) is 5.92 Å². The Kier molecular flexibility index (Phi) is 5.04. The number of halogens is 5. The summed E-state index contributed by atoms with van der Waals surface area (Å²) in [5, 5.41) is 0. The van der Waals surface area contributed by atoms with Crippen molar-refractivity contribution in [1.29, 1.82) is 0 Å². The molecule has 1 aromatic carbocycles. The number of rotatable bonds is 3. The minimum atomic E-state index is -5.01. The smallest absolute Gasteiger partial charge is 0.206 e. The predicted octanol–water partition coefficient (Wildman–Crippen LogP) is 6.00. The van der Waals surface area contributed by atoms with Gasteiger partial charge in [-0.05, 0) is 55.2 Å². The van der Waals surface area contributed by atoms with Gasteiger partial charge in [-0.15, -0.1) is 0 Å². The van der Waals surface area contributed by atoms with Gasteiger partial charge in [-0.2, -0.15) is 13.2 Å². The molecule has 0 spiro atoms. The van der Waals surface area contributed by atoms with Gasteiger partial charge in [0.2, 0.25) is 0 Å². The highest BCUT2D eigenvalue weighted by molar-refractivity contribution is 5.31. The molecule has 0 N–H and O–H groups in total. The molecule has 0 atom stereocenters. The summed E-state index contributed by atoms with van der Waals surface area (Å²) in [6.07, 6.45) is 3.68. The molecule has 0 amide bonds. The highest BCUT2D eigenvalue weighted by atomic mass is 19.4. The van der Waals surface area contributed by atoms with Crippen LogP contribution >= 0.6 is 0 Å². The van der Waals surface area contributed by atoms with Crippen molar-refractivity contribution in [3.8, 4) is 0 Å². The van der Waals surface area contributed by atoms with E-state index in [4.69, 9.17) is 0 Å². The maximum Gasteiger partial charge on any atom is 0.422 e. The van der Waals surface area contributed by atoms with Crippen LogP contribution in [0, 0.1) is 17.6 Å². The molecule has 1 saturated carbocycles.